The first-order valence-electron chi connectivity index (χ1n) is 11.3. The van der Waals surface area contributed by atoms with E-state index in [0.29, 0.717) is 35.7 Å². The molecule has 4 atom stereocenters. The Morgan fingerprint density at radius 3 is 2.68 bits per heavy atom. The largest absolute Gasteiger partial charge is 0.476 e. The number of nitrogens with zero attached hydrogens (tertiary/aromatic N) is 4. The average Bonchev–Trinajstić information content (AvgIpc) is 3.36. The number of carboxylic acid groups (broad SMARTS) is 1. The number of hydrogen-bond donors (Lipinski definition) is 3. The van der Waals surface area contributed by atoms with Crippen LogP contribution in [0.15, 0.2) is 29.2 Å². The van der Waals surface area contributed by atoms with Crippen molar-refractivity contribution in [2.24, 2.45) is 5.92 Å². The van der Waals surface area contributed by atoms with Gasteiger partial charge in [0.1, 0.15) is 16.6 Å². The van der Waals surface area contributed by atoms with E-state index in [1.807, 2.05) is 19.9 Å². The number of aliphatic hydroxyl groups excluding tert-OH is 1. The minimum atomic E-state index is -1.19. The molecule has 2 fully saturated rings. The van der Waals surface area contributed by atoms with Crippen molar-refractivity contribution in [2.45, 2.75) is 51.8 Å². The smallest absolute Gasteiger partial charge is 0.356 e. The van der Waals surface area contributed by atoms with Gasteiger partial charge in [0.05, 0.1) is 23.4 Å². The average molecular weight is 484 g/mol. The van der Waals surface area contributed by atoms with Crippen molar-refractivity contribution in [3.63, 3.8) is 0 Å². The predicted molar refractivity (Wildman–Crippen MR) is 129 cm³/mol. The standard InChI is InChI=1S/C24H26ClN5O4/c1-11-6-16(13(3)26-17-4-5-19(25)27-20(17)24(33)34)22-28-21(12(2)23(32)30(22)9-11)29-10-14-7-15(29)8-18(14)31/h4-6,9,13-15,18,26,31H,7-8,10H2,1-3H3,(H,33,34)/t13-,14?,15?,18?/m1/s1. The van der Waals surface area contributed by atoms with Gasteiger partial charge in [-0.25, -0.2) is 14.8 Å². The number of aliphatic hydroxyl groups is 1. The molecular weight excluding hydrogens is 458 g/mol. The van der Waals surface area contributed by atoms with E-state index >= 15 is 0 Å². The molecule has 10 heteroatoms. The van der Waals surface area contributed by atoms with Crippen molar-refractivity contribution in [2.75, 3.05) is 16.8 Å². The fourth-order valence-corrected chi connectivity index (χ4v) is 5.44. The molecule has 178 valence electrons. The summed E-state index contributed by atoms with van der Waals surface area (Å²) in [6.45, 7) is 6.26. The Kier molecular flexibility index (Phi) is 5.49. The second-order valence-corrected chi connectivity index (χ2v) is 9.73. The highest BCUT2D eigenvalue weighted by molar-refractivity contribution is 6.29. The Bertz CT molecular complexity index is 1370. The number of hydrogen-bond acceptors (Lipinski definition) is 7. The maximum atomic E-state index is 13.4. The van der Waals surface area contributed by atoms with Gasteiger partial charge >= 0.3 is 5.97 Å². The topological polar surface area (TPSA) is 120 Å². The molecule has 0 spiro atoms. The van der Waals surface area contributed by atoms with E-state index in [1.54, 1.807) is 23.6 Å². The second kappa shape index (κ2) is 8.25. The summed E-state index contributed by atoms with van der Waals surface area (Å²) >= 11 is 5.89. The fourth-order valence-electron chi connectivity index (χ4n) is 5.29. The third-order valence-corrected chi connectivity index (χ3v) is 7.18. The maximum absolute atomic E-state index is 13.4. The first-order chi connectivity index (χ1) is 16.1. The number of aromatic nitrogens is 3. The molecule has 4 heterocycles. The van der Waals surface area contributed by atoms with E-state index in [0.717, 1.165) is 17.5 Å². The van der Waals surface area contributed by atoms with Crippen LogP contribution >= 0.6 is 11.6 Å². The third-order valence-electron chi connectivity index (χ3n) is 6.97. The summed E-state index contributed by atoms with van der Waals surface area (Å²) in [5.74, 6) is -0.333. The van der Waals surface area contributed by atoms with Crippen molar-refractivity contribution < 1.29 is 15.0 Å². The van der Waals surface area contributed by atoms with E-state index in [4.69, 9.17) is 16.6 Å². The fraction of sp³-hybridized carbons (Fsp3) is 0.417. The van der Waals surface area contributed by atoms with Crippen molar-refractivity contribution >= 4 is 34.7 Å². The van der Waals surface area contributed by atoms with Gasteiger partial charge in [-0.2, -0.15) is 0 Å². The zero-order chi connectivity index (χ0) is 24.3. The molecule has 0 radical (unpaired) electrons. The first-order valence-corrected chi connectivity index (χ1v) is 11.7. The number of piperidine rings is 1. The molecule has 3 N–H and O–H groups in total. The number of fused-ring (bicyclic) bond motifs is 3. The normalized spacial score (nSPS) is 22.4. The van der Waals surface area contributed by atoms with Crippen LogP contribution in [0.3, 0.4) is 0 Å². The van der Waals surface area contributed by atoms with Gasteiger partial charge in [-0.3, -0.25) is 9.20 Å². The van der Waals surface area contributed by atoms with Crippen molar-refractivity contribution in [1.29, 1.82) is 0 Å². The van der Waals surface area contributed by atoms with Gasteiger partial charge in [0.2, 0.25) is 0 Å². The molecule has 1 aliphatic carbocycles. The molecule has 2 bridgehead atoms. The minimum absolute atomic E-state index is 0.0926. The Labute approximate surface area is 201 Å². The van der Waals surface area contributed by atoms with Gasteiger partial charge in [0.25, 0.3) is 5.56 Å². The summed E-state index contributed by atoms with van der Waals surface area (Å²) < 4.78 is 1.56. The number of carbonyl (C=O) groups is 1. The lowest BCUT2D eigenvalue weighted by Crippen LogP contribution is -2.39. The molecule has 1 aliphatic heterocycles. The lowest BCUT2D eigenvalue weighted by molar-refractivity contribution is 0.0691. The summed E-state index contributed by atoms with van der Waals surface area (Å²) in [5, 5.41) is 23.0. The molecule has 1 saturated carbocycles. The molecule has 1 saturated heterocycles. The van der Waals surface area contributed by atoms with Crippen LogP contribution in [0.25, 0.3) is 5.65 Å². The number of aryl methyl sites for hydroxylation is 1. The van der Waals surface area contributed by atoms with Crippen LogP contribution in [0.2, 0.25) is 5.15 Å². The van der Waals surface area contributed by atoms with Gasteiger partial charge in [-0.1, -0.05) is 11.6 Å². The second-order valence-electron chi connectivity index (χ2n) is 9.34. The highest BCUT2D eigenvalue weighted by atomic mass is 35.5. The summed E-state index contributed by atoms with van der Waals surface area (Å²) in [6.07, 6.45) is 3.07. The SMILES string of the molecule is Cc1cc([C@@H](C)Nc2ccc(Cl)nc2C(=O)O)c2nc(N3CC4CC3CC4O)c(C)c(=O)n2c1. The molecule has 0 aromatic carbocycles. The van der Waals surface area contributed by atoms with Gasteiger partial charge in [0, 0.05) is 30.3 Å². The molecule has 9 nitrogen and oxygen atoms in total. The summed E-state index contributed by atoms with van der Waals surface area (Å²) in [5.41, 5.74) is 2.73. The van der Waals surface area contributed by atoms with Gasteiger partial charge in [-0.15, -0.1) is 0 Å². The monoisotopic (exact) mass is 483 g/mol. The van der Waals surface area contributed by atoms with Crippen LogP contribution in [0.1, 0.15) is 53.0 Å². The Balaban J connectivity index is 1.60. The maximum Gasteiger partial charge on any atom is 0.356 e. The third kappa shape index (κ3) is 3.69. The number of carboxylic acids is 1. The quantitative estimate of drug-likeness (QED) is 0.473. The first kappa shape index (κ1) is 22.6. The van der Waals surface area contributed by atoms with E-state index < -0.39 is 5.97 Å². The zero-order valence-electron chi connectivity index (χ0n) is 19.1. The van der Waals surface area contributed by atoms with Crippen LogP contribution in [0.5, 0.6) is 0 Å². The van der Waals surface area contributed by atoms with Gasteiger partial charge < -0.3 is 20.4 Å². The molecular formula is C24H26ClN5O4. The van der Waals surface area contributed by atoms with Crippen LogP contribution in [-0.4, -0.2) is 49.2 Å². The van der Waals surface area contributed by atoms with E-state index in [-0.39, 0.29) is 40.5 Å². The highest BCUT2D eigenvalue weighted by Gasteiger charge is 2.45. The number of halogens is 1. The Morgan fingerprint density at radius 2 is 2.03 bits per heavy atom. The molecule has 2 aliphatic rings. The summed E-state index contributed by atoms with van der Waals surface area (Å²) in [7, 11) is 0. The van der Waals surface area contributed by atoms with Crippen LogP contribution < -0.4 is 15.8 Å². The molecule has 34 heavy (non-hydrogen) atoms. The Hall–Kier alpha value is -3.17. The molecule has 3 aromatic heterocycles. The van der Waals surface area contributed by atoms with Gasteiger partial charge in [-0.05, 0) is 57.4 Å². The van der Waals surface area contributed by atoms with E-state index in [2.05, 4.69) is 15.2 Å². The van der Waals surface area contributed by atoms with Gasteiger partial charge in [0.15, 0.2) is 5.69 Å². The number of pyridine rings is 2. The summed E-state index contributed by atoms with van der Waals surface area (Å²) in [6, 6.07) is 4.85. The number of anilines is 2. The number of nitrogens with one attached hydrogen (secondary N) is 1. The van der Waals surface area contributed by atoms with Crippen molar-refractivity contribution in [3.8, 4) is 0 Å². The number of rotatable bonds is 5. The lowest BCUT2D eigenvalue weighted by Gasteiger charge is -2.31. The summed E-state index contributed by atoms with van der Waals surface area (Å²) in [4.78, 5) is 36.1. The highest BCUT2D eigenvalue weighted by Crippen LogP contribution is 2.40. The van der Waals surface area contributed by atoms with Crippen molar-refractivity contribution in [1.82, 2.24) is 14.4 Å². The zero-order valence-corrected chi connectivity index (χ0v) is 19.9. The van der Waals surface area contributed by atoms with Crippen LogP contribution in [0, 0.1) is 19.8 Å². The molecule has 5 rings (SSSR count). The lowest BCUT2D eigenvalue weighted by atomic mass is 10.1. The Morgan fingerprint density at radius 1 is 1.26 bits per heavy atom. The molecule has 0 amide bonds. The van der Waals surface area contributed by atoms with E-state index in [9.17, 15) is 19.8 Å². The van der Waals surface area contributed by atoms with Crippen LogP contribution in [-0.2, 0) is 0 Å². The van der Waals surface area contributed by atoms with Crippen molar-refractivity contribution in [3.05, 3.63) is 62.3 Å². The minimum Gasteiger partial charge on any atom is -0.476 e. The molecule has 3 aromatic rings. The van der Waals surface area contributed by atoms with E-state index in [1.165, 1.54) is 6.07 Å². The number of aromatic carboxylic acids is 1. The molecule has 3 unspecified atom stereocenters. The van der Waals surface area contributed by atoms with Crippen LogP contribution in [0.4, 0.5) is 11.5 Å². The predicted octanol–water partition coefficient (Wildman–Crippen LogP) is 3.19.